The summed E-state index contributed by atoms with van der Waals surface area (Å²) in [7, 11) is 0. The Hall–Kier alpha value is -1.88. The van der Waals surface area contributed by atoms with E-state index < -0.39 is 0 Å². The average molecular weight is 270 g/mol. The number of rotatable bonds is 3. The monoisotopic (exact) mass is 270 g/mol. The topological polar surface area (TPSA) is 68.2 Å². The Morgan fingerprint density at radius 2 is 2.25 bits per heavy atom. The van der Waals surface area contributed by atoms with E-state index in [-0.39, 0.29) is 0 Å². The molecule has 1 aliphatic carbocycles. The van der Waals surface area contributed by atoms with E-state index in [1.807, 2.05) is 12.1 Å². The molecule has 2 N–H and O–H groups in total. The van der Waals surface area contributed by atoms with Gasteiger partial charge in [-0.2, -0.15) is 4.98 Å². The minimum Gasteiger partial charge on any atom is -0.398 e. The van der Waals surface area contributed by atoms with Gasteiger partial charge in [0.15, 0.2) is 5.82 Å². The molecule has 0 atom stereocenters. The third-order valence-electron chi connectivity index (χ3n) is 4.16. The molecule has 104 valence electrons. The zero-order valence-electron chi connectivity index (χ0n) is 11.4. The lowest BCUT2D eigenvalue weighted by Gasteiger charge is -2.28. The minimum atomic E-state index is 0.522. The number of nitrogens with zero attached hydrogens (tertiary/aromatic N) is 3. The van der Waals surface area contributed by atoms with E-state index in [0.717, 1.165) is 43.5 Å². The normalized spacial score (nSPS) is 19.0. The Bertz CT molecular complexity index is 633. The van der Waals surface area contributed by atoms with Gasteiger partial charge in [0.2, 0.25) is 5.89 Å². The molecule has 0 saturated heterocycles. The maximum absolute atomic E-state index is 6.07. The summed E-state index contributed by atoms with van der Waals surface area (Å²) >= 11 is 0. The molecule has 2 aromatic rings. The lowest BCUT2D eigenvalue weighted by molar-refractivity contribution is 0.236. The van der Waals surface area contributed by atoms with Crippen LogP contribution in [-0.4, -0.2) is 21.6 Å². The van der Waals surface area contributed by atoms with Gasteiger partial charge in [-0.25, -0.2) is 0 Å². The first-order valence-corrected chi connectivity index (χ1v) is 7.20. The molecule has 1 aliphatic heterocycles. The molecule has 4 rings (SSSR count). The zero-order chi connectivity index (χ0) is 13.5. The first kappa shape index (κ1) is 11.9. The van der Waals surface area contributed by atoms with Crippen LogP contribution in [0.4, 0.5) is 5.69 Å². The summed E-state index contributed by atoms with van der Waals surface area (Å²) in [6.45, 7) is 2.63. The standard InChI is InChI=1S/C15H18N4O/c16-13-3-1-2-10-6-7-19(8-12(10)13)9-14-17-15(20-18-14)11-4-5-11/h1-3,11H,4-9,16H2. The highest BCUT2D eigenvalue weighted by atomic mass is 16.5. The molecular formula is C15H18N4O. The highest BCUT2D eigenvalue weighted by molar-refractivity contribution is 5.51. The van der Waals surface area contributed by atoms with Crippen LogP contribution in [0.15, 0.2) is 22.7 Å². The van der Waals surface area contributed by atoms with Gasteiger partial charge >= 0.3 is 0 Å². The van der Waals surface area contributed by atoms with Crippen LogP contribution in [0.1, 0.15) is 41.6 Å². The minimum absolute atomic E-state index is 0.522. The highest BCUT2D eigenvalue weighted by Gasteiger charge is 2.30. The number of nitrogen functional groups attached to an aromatic ring is 1. The molecule has 2 aliphatic rings. The van der Waals surface area contributed by atoms with Crippen molar-refractivity contribution in [3.63, 3.8) is 0 Å². The predicted octanol–water partition coefficient (Wildman–Crippen LogP) is 2.09. The number of hydrogen-bond donors (Lipinski definition) is 1. The Kier molecular flexibility index (Phi) is 2.73. The zero-order valence-corrected chi connectivity index (χ0v) is 11.4. The Labute approximate surface area is 117 Å². The maximum Gasteiger partial charge on any atom is 0.229 e. The molecule has 0 bridgehead atoms. The molecule has 5 heteroatoms. The first-order chi connectivity index (χ1) is 9.79. The fourth-order valence-corrected chi connectivity index (χ4v) is 2.83. The van der Waals surface area contributed by atoms with E-state index in [9.17, 15) is 0 Å². The molecule has 1 aromatic carbocycles. The van der Waals surface area contributed by atoms with E-state index in [1.165, 1.54) is 24.0 Å². The predicted molar refractivity (Wildman–Crippen MR) is 74.9 cm³/mol. The van der Waals surface area contributed by atoms with Gasteiger partial charge < -0.3 is 10.3 Å². The molecule has 0 amide bonds. The molecule has 20 heavy (non-hydrogen) atoms. The van der Waals surface area contributed by atoms with Crippen molar-refractivity contribution < 1.29 is 4.52 Å². The summed E-state index contributed by atoms with van der Waals surface area (Å²) in [5.74, 6) is 2.13. The third-order valence-corrected chi connectivity index (χ3v) is 4.16. The quantitative estimate of drug-likeness (QED) is 0.865. The van der Waals surface area contributed by atoms with E-state index in [4.69, 9.17) is 10.3 Å². The largest absolute Gasteiger partial charge is 0.398 e. The van der Waals surface area contributed by atoms with Crippen molar-refractivity contribution in [2.45, 2.75) is 38.3 Å². The third kappa shape index (κ3) is 2.18. The van der Waals surface area contributed by atoms with Gasteiger partial charge in [-0.15, -0.1) is 0 Å². The summed E-state index contributed by atoms with van der Waals surface area (Å²) in [4.78, 5) is 6.83. The van der Waals surface area contributed by atoms with Crippen LogP contribution in [0.2, 0.25) is 0 Å². The van der Waals surface area contributed by atoms with E-state index in [0.29, 0.717) is 5.92 Å². The summed E-state index contributed by atoms with van der Waals surface area (Å²) in [6, 6.07) is 6.18. The molecule has 1 saturated carbocycles. The summed E-state index contributed by atoms with van der Waals surface area (Å²) in [6.07, 6.45) is 3.41. The molecule has 0 radical (unpaired) electrons. The number of hydrogen-bond acceptors (Lipinski definition) is 5. The van der Waals surface area contributed by atoms with Gasteiger partial charge in [-0.3, -0.25) is 4.90 Å². The van der Waals surface area contributed by atoms with Crippen molar-refractivity contribution in [3.8, 4) is 0 Å². The molecule has 2 heterocycles. The fourth-order valence-electron chi connectivity index (χ4n) is 2.83. The summed E-state index contributed by atoms with van der Waals surface area (Å²) in [5, 5.41) is 4.09. The van der Waals surface area contributed by atoms with Crippen molar-refractivity contribution in [1.29, 1.82) is 0 Å². The van der Waals surface area contributed by atoms with Gasteiger partial charge in [0.25, 0.3) is 0 Å². The van der Waals surface area contributed by atoms with Crippen molar-refractivity contribution in [2.24, 2.45) is 0 Å². The van der Waals surface area contributed by atoms with Crippen LogP contribution < -0.4 is 5.73 Å². The van der Waals surface area contributed by atoms with Gasteiger partial charge in [0.1, 0.15) is 0 Å². The molecule has 1 aromatic heterocycles. The summed E-state index contributed by atoms with van der Waals surface area (Å²) in [5.41, 5.74) is 9.58. The van der Waals surface area contributed by atoms with Crippen molar-refractivity contribution in [3.05, 3.63) is 41.0 Å². The van der Waals surface area contributed by atoms with Crippen molar-refractivity contribution in [2.75, 3.05) is 12.3 Å². The SMILES string of the molecule is Nc1cccc2c1CN(Cc1noc(C3CC3)n1)CC2. The van der Waals surface area contributed by atoms with E-state index in [1.54, 1.807) is 0 Å². The van der Waals surface area contributed by atoms with Crippen molar-refractivity contribution in [1.82, 2.24) is 15.0 Å². The first-order valence-electron chi connectivity index (χ1n) is 7.20. The van der Waals surface area contributed by atoms with Gasteiger partial charge in [-0.1, -0.05) is 17.3 Å². The summed E-state index contributed by atoms with van der Waals surface area (Å²) < 4.78 is 5.31. The molecule has 1 fully saturated rings. The lowest BCUT2D eigenvalue weighted by Crippen LogP contribution is -2.31. The lowest BCUT2D eigenvalue weighted by atomic mass is 9.98. The van der Waals surface area contributed by atoms with Gasteiger partial charge in [-0.05, 0) is 36.5 Å². The van der Waals surface area contributed by atoms with E-state index >= 15 is 0 Å². The second-order valence-electron chi connectivity index (χ2n) is 5.77. The van der Waals surface area contributed by atoms with Crippen LogP contribution in [-0.2, 0) is 19.5 Å². The Morgan fingerprint density at radius 3 is 3.10 bits per heavy atom. The molecule has 0 unspecified atom stereocenters. The van der Waals surface area contributed by atoms with Crippen LogP contribution in [0, 0.1) is 0 Å². The average Bonchev–Trinajstić information content (AvgIpc) is 3.21. The smallest absolute Gasteiger partial charge is 0.229 e. The maximum atomic E-state index is 6.07. The molecule has 0 spiro atoms. The fraction of sp³-hybridized carbons (Fsp3) is 0.467. The second-order valence-corrected chi connectivity index (χ2v) is 5.77. The Morgan fingerprint density at radius 1 is 1.35 bits per heavy atom. The number of benzene rings is 1. The van der Waals surface area contributed by atoms with Gasteiger partial charge in [0.05, 0.1) is 6.54 Å². The van der Waals surface area contributed by atoms with Crippen LogP contribution in [0.3, 0.4) is 0 Å². The highest BCUT2D eigenvalue weighted by Crippen LogP contribution is 2.38. The number of anilines is 1. The van der Waals surface area contributed by atoms with Crippen molar-refractivity contribution >= 4 is 5.69 Å². The number of aromatic nitrogens is 2. The molecule has 5 nitrogen and oxygen atoms in total. The second kappa shape index (κ2) is 4.59. The number of fused-ring (bicyclic) bond motifs is 1. The number of nitrogens with two attached hydrogens (primary N) is 1. The van der Waals surface area contributed by atoms with Crippen LogP contribution >= 0.6 is 0 Å². The van der Waals surface area contributed by atoms with Crippen LogP contribution in [0.25, 0.3) is 0 Å². The van der Waals surface area contributed by atoms with E-state index in [2.05, 4.69) is 21.1 Å². The van der Waals surface area contributed by atoms with Crippen LogP contribution in [0.5, 0.6) is 0 Å². The Balaban J connectivity index is 1.48. The van der Waals surface area contributed by atoms with Gasteiger partial charge in [0, 0.05) is 24.7 Å². The molecular weight excluding hydrogens is 252 g/mol.